The normalized spacial score (nSPS) is 10.4. The van der Waals surface area contributed by atoms with Gasteiger partial charge in [0, 0.05) is 4.47 Å². The highest BCUT2D eigenvalue weighted by atomic mass is 79.9. The van der Waals surface area contributed by atoms with Crippen molar-refractivity contribution < 1.29 is 9.18 Å². The summed E-state index contributed by atoms with van der Waals surface area (Å²) in [5, 5.41) is 3.26. The Balaban J connectivity index is 2.15. The molecule has 0 spiro atoms. The molecule has 0 saturated heterocycles. The zero-order valence-electron chi connectivity index (χ0n) is 10.1. The van der Waals surface area contributed by atoms with Gasteiger partial charge < -0.3 is 5.32 Å². The highest BCUT2D eigenvalue weighted by Gasteiger charge is 2.12. The lowest BCUT2D eigenvalue weighted by atomic mass is 10.1. The van der Waals surface area contributed by atoms with Gasteiger partial charge in [0.2, 0.25) is 5.91 Å². The van der Waals surface area contributed by atoms with Crippen molar-refractivity contribution in [3.05, 3.63) is 62.3 Å². The first-order valence-electron chi connectivity index (χ1n) is 5.65. The number of halogens is 4. The number of anilines is 1. The van der Waals surface area contributed by atoms with E-state index in [1.807, 2.05) is 0 Å². The van der Waals surface area contributed by atoms with Crippen LogP contribution in [-0.2, 0) is 11.2 Å². The summed E-state index contributed by atoms with van der Waals surface area (Å²) >= 11 is 15.1. The van der Waals surface area contributed by atoms with Crippen LogP contribution in [0, 0.1) is 5.82 Å². The monoisotopic (exact) mass is 375 g/mol. The Morgan fingerprint density at radius 2 is 1.85 bits per heavy atom. The van der Waals surface area contributed by atoms with Crippen LogP contribution in [0.2, 0.25) is 10.0 Å². The molecule has 2 aromatic rings. The minimum atomic E-state index is -0.436. The second kappa shape index (κ2) is 6.57. The van der Waals surface area contributed by atoms with Gasteiger partial charge in [0.25, 0.3) is 0 Å². The Morgan fingerprint density at radius 1 is 1.20 bits per heavy atom. The topological polar surface area (TPSA) is 29.1 Å². The van der Waals surface area contributed by atoms with E-state index >= 15 is 0 Å². The Morgan fingerprint density at radius 3 is 2.50 bits per heavy atom. The summed E-state index contributed by atoms with van der Waals surface area (Å²) in [5.74, 6) is -0.828. The van der Waals surface area contributed by atoms with Crippen molar-refractivity contribution in [1.29, 1.82) is 0 Å². The molecule has 0 atom stereocenters. The molecule has 0 unspecified atom stereocenters. The molecule has 20 heavy (non-hydrogen) atoms. The standard InChI is InChI=1S/C14H9BrCl2FNO/c15-9-4-5-12(18)8(6-9)7-13(20)19-14-10(16)2-1-3-11(14)17/h1-6H,7H2,(H,19,20). The zero-order valence-corrected chi connectivity index (χ0v) is 13.2. The predicted octanol–water partition coefficient (Wildman–Crippen LogP) is 5.08. The van der Waals surface area contributed by atoms with E-state index in [0.29, 0.717) is 25.8 Å². The Hall–Kier alpha value is -1.10. The molecule has 2 aromatic carbocycles. The highest BCUT2D eigenvalue weighted by Crippen LogP contribution is 2.30. The summed E-state index contributed by atoms with van der Waals surface area (Å²) in [6.07, 6.45) is -0.104. The van der Waals surface area contributed by atoms with Crippen molar-refractivity contribution in [3.8, 4) is 0 Å². The van der Waals surface area contributed by atoms with Gasteiger partial charge in [-0.25, -0.2) is 4.39 Å². The van der Waals surface area contributed by atoms with Crippen LogP contribution in [0.5, 0.6) is 0 Å². The lowest BCUT2D eigenvalue weighted by molar-refractivity contribution is -0.115. The van der Waals surface area contributed by atoms with Crippen LogP contribution < -0.4 is 5.32 Å². The van der Waals surface area contributed by atoms with E-state index in [2.05, 4.69) is 21.2 Å². The lowest BCUT2D eigenvalue weighted by Gasteiger charge is -2.09. The second-order valence-corrected chi connectivity index (χ2v) is 5.79. The second-order valence-electron chi connectivity index (χ2n) is 4.06. The maximum absolute atomic E-state index is 13.6. The van der Waals surface area contributed by atoms with E-state index < -0.39 is 11.7 Å². The molecule has 0 aromatic heterocycles. The van der Waals surface area contributed by atoms with Crippen LogP contribution in [-0.4, -0.2) is 5.91 Å². The van der Waals surface area contributed by atoms with Gasteiger partial charge in [0.1, 0.15) is 5.82 Å². The molecule has 0 bridgehead atoms. The van der Waals surface area contributed by atoms with Gasteiger partial charge in [-0.2, -0.15) is 0 Å². The highest BCUT2D eigenvalue weighted by molar-refractivity contribution is 9.10. The van der Waals surface area contributed by atoms with Crippen molar-refractivity contribution in [2.75, 3.05) is 5.32 Å². The van der Waals surface area contributed by atoms with E-state index in [4.69, 9.17) is 23.2 Å². The van der Waals surface area contributed by atoms with Crippen LogP contribution in [0.1, 0.15) is 5.56 Å². The molecular weight excluding hydrogens is 368 g/mol. The van der Waals surface area contributed by atoms with Crippen molar-refractivity contribution in [2.45, 2.75) is 6.42 Å². The van der Waals surface area contributed by atoms with Crippen LogP contribution in [0.25, 0.3) is 0 Å². The lowest BCUT2D eigenvalue weighted by Crippen LogP contribution is -2.15. The molecule has 2 nitrogen and oxygen atoms in total. The van der Waals surface area contributed by atoms with Crippen LogP contribution in [0.15, 0.2) is 40.9 Å². The van der Waals surface area contributed by atoms with Gasteiger partial charge in [-0.3, -0.25) is 4.79 Å². The number of rotatable bonds is 3. The SMILES string of the molecule is O=C(Cc1cc(Br)ccc1F)Nc1c(Cl)cccc1Cl. The van der Waals surface area contributed by atoms with Crippen LogP contribution in [0.4, 0.5) is 10.1 Å². The summed E-state index contributed by atoms with van der Waals surface area (Å²) < 4.78 is 14.3. The molecule has 1 N–H and O–H groups in total. The van der Waals surface area contributed by atoms with Gasteiger partial charge in [-0.1, -0.05) is 45.2 Å². The first kappa shape index (κ1) is 15.3. The Kier molecular flexibility index (Phi) is 5.02. The summed E-state index contributed by atoms with van der Waals surface area (Å²) in [4.78, 5) is 11.9. The zero-order chi connectivity index (χ0) is 14.7. The molecule has 1 amide bonds. The third-order valence-corrected chi connectivity index (χ3v) is 3.71. The van der Waals surface area contributed by atoms with Gasteiger partial charge in [0.15, 0.2) is 0 Å². The first-order chi connectivity index (χ1) is 9.47. The maximum Gasteiger partial charge on any atom is 0.228 e. The molecule has 0 heterocycles. The molecule has 104 valence electrons. The van der Waals surface area contributed by atoms with Gasteiger partial charge >= 0.3 is 0 Å². The minimum Gasteiger partial charge on any atom is -0.323 e. The predicted molar refractivity (Wildman–Crippen MR) is 82.9 cm³/mol. The number of nitrogens with one attached hydrogen (secondary N) is 1. The van der Waals surface area contributed by atoms with Crippen molar-refractivity contribution >= 4 is 50.7 Å². The summed E-state index contributed by atoms with van der Waals surface area (Å²) in [5.41, 5.74) is 0.622. The average molecular weight is 377 g/mol. The van der Waals surface area contributed by atoms with Crippen molar-refractivity contribution in [2.24, 2.45) is 0 Å². The molecule has 6 heteroatoms. The number of hydrogen-bond donors (Lipinski definition) is 1. The molecule has 0 saturated carbocycles. The summed E-state index contributed by atoms with van der Waals surface area (Å²) in [7, 11) is 0. The average Bonchev–Trinajstić information content (AvgIpc) is 2.38. The smallest absolute Gasteiger partial charge is 0.228 e. The molecule has 0 fully saturated rings. The van der Waals surface area contributed by atoms with E-state index in [1.54, 1.807) is 30.3 Å². The molecule has 0 aliphatic rings. The van der Waals surface area contributed by atoms with Crippen LogP contribution in [0.3, 0.4) is 0 Å². The van der Waals surface area contributed by atoms with Crippen molar-refractivity contribution in [1.82, 2.24) is 0 Å². The molecular formula is C14H9BrCl2FNO. The number of carbonyl (C=O) groups is 1. The number of para-hydroxylation sites is 1. The van der Waals surface area contributed by atoms with E-state index in [0.717, 1.165) is 0 Å². The summed E-state index contributed by atoms with van der Waals surface area (Å²) in [6, 6.07) is 9.33. The number of hydrogen-bond acceptors (Lipinski definition) is 1. The largest absolute Gasteiger partial charge is 0.323 e. The molecule has 0 aliphatic carbocycles. The quantitative estimate of drug-likeness (QED) is 0.795. The molecule has 2 rings (SSSR count). The third-order valence-electron chi connectivity index (χ3n) is 2.59. The Bertz CT molecular complexity index is 643. The van der Waals surface area contributed by atoms with E-state index in [-0.39, 0.29) is 6.42 Å². The number of benzene rings is 2. The molecule has 0 radical (unpaired) electrons. The summed E-state index contributed by atoms with van der Waals surface area (Å²) in [6.45, 7) is 0. The maximum atomic E-state index is 13.6. The molecule has 0 aliphatic heterocycles. The van der Waals surface area contributed by atoms with Crippen molar-refractivity contribution in [3.63, 3.8) is 0 Å². The number of amides is 1. The fraction of sp³-hybridized carbons (Fsp3) is 0.0714. The fourth-order valence-electron chi connectivity index (χ4n) is 1.65. The van der Waals surface area contributed by atoms with Gasteiger partial charge in [-0.15, -0.1) is 0 Å². The van der Waals surface area contributed by atoms with E-state index in [1.165, 1.54) is 6.07 Å². The number of carbonyl (C=O) groups excluding carboxylic acids is 1. The van der Waals surface area contributed by atoms with Gasteiger partial charge in [0.05, 0.1) is 22.2 Å². The van der Waals surface area contributed by atoms with Crippen LogP contribution >= 0.6 is 39.1 Å². The fourth-order valence-corrected chi connectivity index (χ4v) is 2.55. The third kappa shape index (κ3) is 3.72. The minimum absolute atomic E-state index is 0.104. The van der Waals surface area contributed by atoms with E-state index in [9.17, 15) is 9.18 Å². The van der Waals surface area contributed by atoms with Gasteiger partial charge in [-0.05, 0) is 35.9 Å². The first-order valence-corrected chi connectivity index (χ1v) is 7.20. The Labute approximate surface area is 134 Å².